The van der Waals surface area contributed by atoms with Crippen LogP contribution in [0.1, 0.15) is 12.8 Å². The minimum Gasteiger partial charge on any atom is -0.493 e. The van der Waals surface area contributed by atoms with Crippen LogP contribution < -0.4 is 14.8 Å². The van der Waals surface area contributed by atoms with Crippen molar-refractivity contribution in [3.8, 4) is 11.5 Å². The first-order valence-corrected chi connectivity index (χ1v) is 11.9. The summed E-state index contributed by atoms with van der Waals surface area (Å²) in [6, 6.07) is 8.18. The molecule has 5 rings (SSSR count). The topological polar surface area (TPSA) is 62.8 Å². The zero-order valence-corrected chi connectivity index (χ0v) is 20.2. The zero-order valence-electron chi connectivity index (χ0n) is 19.5. The molecule has 34 heavy (non-hydrogen) atoms. The van der Waals surface area contributed by atoms with Gasteiger partial charge in [-0.15, -0.1) is 0 Å². The summed E-state index contributed by atoms with van der Waals surface area (Å²) in [4.78, 5) is 13.7. The molecule has 9 heteroatoms. The van der Waals surface area contributed by atoms with Crippen molar-refractivity contribution in [2.24, 2.45) is 5.41 Å². The molecule has 0 amide bonds. The number of hydrogen-bond acceptors (Lipinski definition) is 7. The van der Waals surface area contributed by atoms with Gasteiger partial charge in [0.2, 0.25) is 0 Å². The van der Waals surface area contributed by atoms with Crippen molar-refractivity contribution in [3.63, 3.8) is 0 Å². The van der Waals surface area contributed by atoms with Gasteiger partial charge in [0, 0.05) is 36.8 Å². The van der Waals surface area contributed by atoms with Crippen LogP contribution in [0.3, 0.4) is 0 Å². The summed E-state index contributed by atoms with van der Waals surface area (Å²) in [6.07, 6.45) is 4.02. The number of nitrogens with zero attached hydrogens (tertiary/aromatic N) is 4. The summed E-state index contributed by atoms with van der Waals surface area (Å²) in [7, 11) is 3.83. The number of rotatable bonds is 7. The standard InChI is InChI=1S/C25H29ClFN5O2/c1-31-7-5-25(14-31)6-8-32(15-25)9-10-34-23-12-18-21(13-22(23)33-2)28-16-29-24(18)30-17-3-4-20(27)19(26)11-17/h3-4,11-13,16H,5-10,14-15H2,1-2H3,(H,28,29,30). The average Bonchev–Trinajstić information content (AvgIpc) is 3.40. The van der Waals surface area contributed by atoms with Crippen LogP contribution in [0.5, 0.6) is 11.5 Å². The number of methoxy groups -OCH3 is 1. The summed E-state index contributed by atoms with van der Waals surface area (Å²) < 4.78 is 25.3. The van der Waals surface area contributed by atoms with Gasteiger partial charge in [0.15, 0.2) is 11.5 Å². The lowest BCUT2D eigenvalue weighted by atomic mass is 9.86. The summed E-state index contributed by atoms with van der Waals surface area (Å²) >= 11 is 5.93. The van der Waals surface area contributed by atoms with Crippen molar-refractivity contribution in [1.29, 1.82) is 0 Å². The van der Waals surface area contributed by atoms with E-state index in [2.05, 4.69) is 32.1 Å². The third-order valence-electron chi connectivity index (χ3n) is 6.91. The molecule has 1 atom stereocenters. The molecule has 7 nitrogen and oxygen atoms in total. The number of aromatic nitrogens is 2. The van der Waals surface area contributed by atoms with Gasteiger partial charge in [-0.1, -0.05) is 11.6 Å². The second kappa shape index (κ2) is 9.52. The zero-order chi connectivity index (χ0) is 23.7. The fraction of sp³-hybridized carbons (Fsp3) is 0.440. The van der Waals surface area contributed by atoms with Crippen molar-refractivity contribution in [3.05, 3.63) is 47.5 Å². The number of anilines is 2. The van der Waals surface area contributed by atoms with E-state index >= 15 is 0 Å². The molecule has 2 fully saturated rings. The number of halogens is 2. The first-order valence-electron chi connectivity index (χ1n) is 11.5. The van der Waals surface area contributed by atoms with E-state index in [4.69, 9.17) is 21.1 Å². The van der Waals surface area contributed by atoms with E-state index in [0.29, 0.717) is 40.5 Å². The van der Waals surface area contributed by atoms with Crippen LogP contribution in [0.15, 0.2) is 36.7 Å². The molecular formula is C25H29ClFN5O2. The lowest BCUT2D eigenvalue weighted by molar-refractivity contribution is 0.208. The summed E-state index contributed by atoms with van der Waals surface area (Å²) in [5.41, 5.74) is 1.79. The monoisotopic (exact) mass is 485 g/mol. The van der Waals surface area contributed by atoms with Crippen LogP contribution in [-0.4, -0.2) is 73.3 Å². The van der Waals surface area contributed by atoms with Crippen LogP contribution >= 0.6 is 11.6 Å². The van der Waals surface area contributed by atoms with Crippen molar-refractivity contribution >= 4 is 34.0 Å². The van der Waals surface area contributed by atoms with Gasteiger partial charge in [0.05, 0.1) is 17.6 Å². The number of nitrogens with one attached hydrogen (secondary N) is 1. The maximum Gasteiger partial charge on any atom is 0.162 e. The highest BCUT2D eigenvalue weighted by Crippen LogP contribution is 2.39. The van der Waals surface area contributed by atoms with Crippen molar-refractivity contribution in [1.82, 2.24) is 19.8 Å². The molecule has 1 unspecified atom stereocenters. The van der Waals surface area contributed by atoms with E-state index in [-0.39, 0.29) is 5.02 Å². The Bertz CT molecular complexity index is 1200. The third kappa shape index (κ3) is 4.76. The van der Waals surface area contributed by atoms with Gasteiger partial charge < -0.3 is 19.7 Å². The molecule has 180 valence electrons. The number of ether oxygens (including phenoxy) is 2. The normalized spacial score (nSPS) is 20.9. The fourth-order valence-electron chi connectivity index (χ4n) is 5.14. The first kappa shape index (κ1) is 23.1. The van der Waals surface area contributed by atoms with Gasteiger partial charge in [0.1, 0.15) is 24.6 Å². The molecular weight excluding hydrogens is 457 g/mol. The van der Waals surface area contributed by atoms with Crippen LogP contribution in [0.4, 0.5) is 15.9 Å². The van der Waals surface area contributed by atoms with Gasteiger partial charge in [-0.05, 0) is 62.7 Å². The molecule has 0 radical (unpaired) electrons. The summed E-state index contributed by atoms with van der Waals surface area (Å²) in [5.74, 6) is 1.37. The quantitative estimate of drug-likeness (QED) is 0.525. The SMILES string of the molecule is COc1cc2ncnc(Nc3ccc(F)c(Cl)c3)c2cc1OCCN1CCC2(CCN(C)C2)C1. The predicted octanol–water partition coefficient (Wildman–Crippen LogP) is 4.58. The number of fused-ring (bicyclic) bond motifs is 1. The molecule has 1 aromatic heterocycles. The van der Waals surface area contributed by atoms with Crippen LogP contribution in [-0.2, 0) is 0 Å². The Morgan fingerprint density at radius 1 is 1.12 bits per heavy atom. The lowest BCUT2D eigenvalue weighted by Crippen LogP contribution is -2.31. The molecule has 1 N–H and O–H groups in total. The Morgan fingerprint density at radius 3 is 2.74 bits per heavy atom. The van der Waals surface area contributed by atoms with Crippen LogP contribution in [0.25, 0.3) is 10.9 Å². The van der Waals surface area contributed by atoms with E-state index in [1.165, 1.54) is 44.4 Å². The van der Waals surface area contributed by atoms with E-state index in [0.717, 1.165) is 25.0 Å². The van der Waals surface area contributed by atoms with Crippen LogP contribution in [0.2, 0.25) is 5.02 Å². The van der Waals surface area contributed by atoms with E-state index in [9.17, 15) is 4.39 Å². The highest BCUT2D eigenvalue weighted by Gasteiger charge is 2.42. The second-order valence-electron chi connectivity index (χ2n) is 9.36. The maximum absolute atomic E-state index is 13.5. The number of benzene rings is 2. The predicted molar refractivity (Wildman–Crippen MR) is 132 cm³/mol. The first-order chi connectivity index (χ1) is 16.4. The number of likely N-dealkylation sites (tertiary alicyclic amines) is 2. The maximum atomic E-state index is 13.5. The highest BCUT2D eigenvalue weighted by molar-refractivity contribution is 6.31. The Hall–Kier alpha value is -2.68. The molecule has 3 aromatic rings. The van der Waals surface area contributed by atoms with Crippen molar-refractivity contribution in [2.75, 3.05) is 58.8 Å². The molecule has 1 spiro atoms. The Balaban J connectivity index is 1.30. The van der Waals surface area contributed by atoms with Crippen LogP contribution in [0, 0.1) is 11.2 Å². The van der Waals surface area contributed by atoms with E-state index < -0.39 is 5.82 Å². The summed E-state index contributed by atoms with van der Waals surface area (Å²) in [6.45, 7) is 6.08. The molecule has 3 heterocycles. The van der Waals surface area contributed by atoms with Crippen molar-refractivity contribution < 1.29 is 13.9 Å². The molecule has 0 saturated carbocycles. The van der Waals surface area contributed by atoms with E-state index in [1.807, 2.05) is 12.1 Å². The fourth-order valence-corrected chi connectivity index (χ4v) is 5.32. The third-order valence-corrected chi connectivity index (χ3v) is 7.20. The molecule has 2 saturated heterocycles. The Labute approximate surface area is 203 Å². The largest absolute Gasteiger partial charge is 0.493 e. The van der Waals surface area contributed by atoms with Gasteiger partial charge in [-0.2, -0.15) is 0 Å². The molecule has 0 bridgehead atoms. The Morgan fingerprint density at radius 2 is 1.97 bits per heavy atom. The van der Waals surface area contributed by atoms with Gasteiger partial charge >= 0.3 is 0 Å². The minimum absolute atomic E-state index is 0.0435. The van der Waals surface area contributed by atoms with Gasteiger partial charge in [-0.3, -0.25) is 4.90 Å². The minimum atomic E-state index is -0.468. The smallest absolute Gasteiger partial charge is 0.162 e. The molecule has 0 aliphatic carbocycles. The lowest BCUT2D eigenvalue weighted by Gasteiger charge is -2.24. The highest BCUT2D eigenvalue weighted by atomic mass is 35.5. The molecule has 2 aliphatic heterocycles. The second-order valence-corrected chi connectivity index (χ2v) is 9.77. The average molecular weight is 486 g/mol. The van der Waals surface area contributed by atoms with Crippen molar-refractivity contribution in [2.45, 2.75) is 12.8 Å². The van der Waals surface area contributed by atoms with Gasteiger partial charge in [0.25, 0.3) is 0 Å². The molecule has 2 aromatic carbocycles. The molecule has 2 aliphatic rings. The van der Waals surface area contributed by atoms with E-state index in [1.54, 1.807) is 13.2 Å². The Kier molecular flexibility index (Phi) is 6.46. The van der Waals surface area contributed by atoms with Gasteiger partial charge in [-0.25, -0.2) is 14.4 Å². The number of hydrogen-bond donors (Lipinski definition) is 1. The summed E-state index contributed by atoms with van der Waals surface area (Å²) in [5, 5.41) is 4.02.